The van der Waals surface area contributed by atoms with E-state index < -0.39 is 36.1 Å². The number of imide groups is 1. The number of carbonyl (C=O) groups excluding carboxylic acids is 4. The molecule has 3 rings (SSSR count). The van der Waals surface area contributed by atoms with Crippen LogP contribution in [-0.4, -0.2) is 46.9 Å². The fraction of sp³-hybridized carbons (Fsp3) is 0.545. The van der Waals surface area contributed by atoms with Crippen LogP contribution >= 0.6 is 0 Å². The number of urea groups is 1. The van der Waals surface area contributed by atoms with Gasteiger partial charge in [0.1, 0.15) is 12.1 Å². The van der Waals surface area contributed by atoms with Crippen molar-refractivity contribution < 1.29 is 23.9 Å². The van der Waals surface area contributed by atoms with Gasteiger partial charge in [-0.3, -0.25) is 19.3 Å². The number of anilines is 1. The maximum absolute atomic E-state index is 12.9. The summed E-state index contributed by atoms with van der Waals surface area (Å²) >= 11 is 0. The Labute approximate surface area is 176 Å². The van der Waals surface area contributed by atoms with Gasteiger partial charge in [-0.15, -0.1) is 0 Å². The van der Waals surface area contributed by atoms with Crippen molar-refractivity contribution >= 4 is 29.5 Å². The number of ether oxygens (including phenoxy) is 1. The van der Waals surface area contributed by atoms with E-state index in [1.165, 1.54) is 6.92 Å². The van der Waals surface area contributed by atoms with E-state index in [4.69, 9.17) is 4.74 Å². The molecular formula is C22H29N3O5. The highest BCUT2D eigenvalue weighted by Crippen LogP contribution is 2.38. The van der Waals surface area contributed by atoms with Crippen LogP contribution < -0.4 is 10.6 Å². The van der Waals surface area contributed by atoms with Crippen LogP contribution in [0.4, 0.5) is 10.5 Å². The first-order chi connectivity index (χ1) is 14.1. The third-order valence-corrected chi connectivity index (χ3v) is 6.12. The number of nitrogens with one attached hydrogen (secondary N) is 2. The van der Waals surface area contributed by atoms with Crippen molar-refractivity contribution in [3.8, 4) is 0 Å². The lowest BCUT2D eigenvalue weighted by atomic mass is 9.73. The monoisotopic (exact) mass is 415 g/mol. The summed E-state index contributed by atoms with van der Waals surface area (Å²) in [6, 6.07) is 5.08. The second-order valence-corrected chi connectivity index (χ2v) is 8.38. The van der Waals surface area contributed by atoms with Gasteiger partial charge in [0, 0.05) is 5.69 Å². The van der Waals surface area contributed by atoms with Gasteiger partial charge in [0.05, 0.1) is 0 Å². The van der Waals surface area contributed by atoms with Crippen molar-refractivity contribution in [3.63, 3.8) is 0 Å². The second kappa shape index (κ2) is 8.45. The van der Waals surface area contributed by atoms with Gasteiger partial charge in [0.2, 0.25) is 0 Å². The zero-order chi connectivity index (χ0) is 22.1. The fourth-order valence-electron chi connectivity index (χ4n) is 4.16. The van der Waals surface area contributed by atoms with Crippen LogP contribution in [0, 0.1) is 19.8 Å². The van der Waals surface area contributed by atoms with E-state index in [-0.39, 0.29) is 11.8 Å². The Morgan fingerprint density at radius 3 is 2.73 bits per heavy atom. The van der Waals surface area contributed by atoms with E-state index in [0.717, 1.165) is 35.3 Å². The molecule has 0 unspecified atom stereocenters. The molecule has 1 aliphatic heterocycles. The summed E-state index contributed by atoms with van der Waals surface area (Å²) in [4.78, 5) is 51.0. The van der Waals surface area contributed by atoms with Gasteiger partial charge >= 0.3 is 12.0 Å². The third-order valence-electron chi connectivity index (χ3n) is 6.12. The third kappa shape index (κ3) is 4.17. The SMILES string of the molecule is Cc1ccc(C)c(NC(=O)[C@@H](C)OC(=O)CN2C(=O)N[C@@]3(CCCC[C@@H]3C)C2=O)c1. The molecular weight excluding hydrogens is 386 g/mol. The molecule has 1 aromatic carbocycles. The van der Waals surface area contributed by atoms with E-state index >= 15 is 0 Å². The van der Waals surface area contributed by atoms with Crippen molar-refractivity contribution in [2.75, 3.05) is 11.9 Å². The van der Waals surface area contributed by atoms with E-state index in [9.17, 15) is 19.2 Å². The van der Waals surface area contributed by atoms with Gasteiger partial charge in [-0.05, 0) is 56.7 Å². The average Bonchev–Trinajstić information content (AvgIpc) is 2.92. The topological polar surface area (TPSA) is 105 Å². The molecule has 162 valence electrons. The molecule has 8 nitrogen and oxygen atoms in total. The van der Waals surface area contributed by atoms with E-state index in [2.05, 4.69) is 10.6 Å². The Bertz CT molecular complexity index is 884. The van der Waals surface area contributed by atoms with Crippen LogP contribution in [0.2, 0.25) is 0 Å². The maximum Gasteiger partial charge on any atom is 0.327 e. The molecule has 0 radical (unpaired) electrons. The molecule has 8 heteroatoms. The molecule has 2 aliphatic rings. The number of amides is 4. The molecule has 0 bridgehead atoms. The van der Waals surface area contributed by atoms with Crippen LogP contribution in [-0.2, 0) is 19.1 Å². The molecule has 30 heavy (non-hydrogen) atoms. The Morgan fingerprint density at radius 1 is 1.30 bits per heavy atom. The zero-order valence-corrected chi connectivity index (χ0v) is 17.9. The first kappa shape index (κ1) is 21.8. The molecule has 1 heterocycles. The fourth-order valence-corrected chi connectivity index (χ4v) is 4.16. The van der Waals surface area contributed by atoms with E-state index in [0.29, 0.717) is 12.1 Å². The number of rotatable bonds is 5. The molecule has 1 aliphatic carbocycles. The second-order valence-electron chi connectivity index (χ2n) is 8.38. The van der Waals surface area contributed by atoms with E-state index in [1.54, 1.807) is 0 Å². The standard InChI is InChI=1S/C22H29N3O5/c1-13-8-9-14(2)17(11-13)23-19(27)16(4)30-18(26)12-25-20(28)22(24-21(25)29)10-6-5-7-15(22)3/h8-9,11,15-16H,5-7,10,12H2,1-4H3,(H,23,27)(H,24,29)/t15-,16+,22+/m0/s1. The van der Waals surface area contributed by atoms with Crippen LogP contribution in [0.3, 0.4) is 0 Å². The first-order valence-electron chi connectivity index (χ1n) is 10.4. The van der Waals surface area contributed by atoms with Crippen molar-refractivity contribution in [2.24, 2.45) is 5.92 Å². The smallest absolute Gasteiger partial charge is 0.327 e. The summed E-state index contributed by atoms with van der Waals surface area (Å²) < 4.78 is 5.19. The lowest BCUT2D eigenvalue weighted by Crippen LogP contribution is -2.54. The minimum Gasteiger partial charge on any atom is -0.451 e. The largest absolute Gasteiger partial charge is 0.451 e. The highest BCUT2D eigenvalue weighted by molar-refractivity contribution is 6.09. The molecule has 1 saturated carbocycles. The summed E-state index contributed by atoms with van der Waals surface area (Å²) in [6.45, 7) is 6.66. The highest BCUT2D eigenvalue weighted by atomic mass is 16.5. The normalized spacial score (nSPS) is 24.5. The van der Waals surface area contributed by atoms with Crippen LogP contribution in [0.1, 0.15) is 50.7 Å². The summed E-state index contributed by atoms with van der Waals surface area (Å²) in [5.41, 5.74) is 1.59. The Morgan fingerprint density at radius 2 is 2.03 bits per heavy atom. The predicted octanol–water partition coefficient (Wildman–Crippen LogP) is 2.67. The van der Waals surface area contributed by atoms with Gasteiger partial charge < -0.3 is 15.4 Å². The molecule has 4 amide bonds. The van der Waals surface area contributed by atoms with Crippen molar-refractivity contribution in [2.45, 2.75) is 65.0 Å². The van der Waals surface area contributed by atoms with Gasteiger partial charge in [-0.25, -0.2) is 4.79 Å². The minimum atomic E-state index is -1.07. The average molecular weight is 415 g/mol. The quantitative estimate of drug-likeness (QED) is 0.568. The molecule has 1 spiro atoms. The molecule has 2 fully saturated rings. The maximum atomic E-state index is 12.9. The Hall–Kier alpha value is -2.90. The lowest BCUT2D eigenvalue weighted by molar-refractivity contribution is -0.155. The Balaban J connectivity index is 1.59. The number of carbonyl (C=O) groups is 4. The first-order valence-corrected chi connectivity index (χ1v) is 10.4. The molecule has 1 saturated heterocycles. The molecule has 3 atom stereocenters. The number of nitrogens with zero attached hydrogens (tertiary/aromatic N) is 1. The summed E-state index contributed by atoms with van der Waals surface area (Å²) in [5.74, 6) is -1.66. The lowest BCUT2D eigenvalue weighted by Gasteiger charge is -2.36. The number of esters is 1. The van der Waals surface area contributed by atoms with Gasteiger partial charge in [-0.2, -0.15) is 0 Å². The van der Waals surface area contributed by atoms with Gasteiger partial charge in [0.25, 0.3) is 11.8 Å². The van der Waals surface area contributed by atoms with E-state index in [1.807, 2.05) is 39.0 Å². The number of benzene rings is 1. The number of hydrogen-bond acceptors (Lipinski definition) is 5. The van der Waals surface area contributed by atoms with Crippen molar-refractivity contribution in [1.82, 2.24) is 10.2 Å². The summed E-state index contributed by atoms with van der Waals surface area (Å²) in [7, 11) is 0. The van der Waals surface area contributed by atoms with Crippen LogP contribution in [0.5, 0.6) is 0 Å². The van der Waals surface area contributed by atoms with Gasteiger partial charge in [-0.1, -0.05) is 31.9 Å². The van der Waals surface area contributed by atoms with Gasteiger partial charge in [0.15, 0.2) is 6.10 Å². The number of aryl methyl sites for hydroxylation is 2. The highest BCUT2D eigenvalue weighted by Gasteiger charge is 2.55. The summed E-state index contributed by atoms with van der Waals surface area (Å²) in [5, 5.41) is 5.54. The Kier molecular flexibility index (Phi) is 6.14. The molecule has 1 aromatic rings. The predicted molar refractivity (Wildman–Crippen MR) is 111 cm³/mol. The summed E-state index contributed by atoms with van der Waals surface area (Å²) in [6.07, 6.45) is 2.21. The van der Waals surface area contributed by atoms with Crippen molar-refractivity contribution in [1.29, 1.82) is 0 Å². The molecule has 2 N–H and O–H groups in total. The van der Waals surface area contributed by atoms with Crippen LogP contribution in [0.25, 0.3) is 0 Å². The van der Waals surface area contributed by atoms with Crippen molar-refractivity contribution in [3.05, 3.63) is 29.3 Å². The molecule has 0 aromatic heterocycles. The minimum absolute atomic E-state index is 0.00555. The zero-order valence-electron chi connectivity index (χ0n) is 17.9. The van der Waals surface area contributed by atoms with Crippen LogP contribution in [0.15, 0.2) is 18.2 Å². The number of hydrogen-bond donors (Lipinski definition) is 2.